The molecule has 0 radical (unpaired) electrons. The van der Waals surface area contributed by atoms with E-state index in [0.717, 1.165) is 23.4 Å². The fourth-order valence-corrected chi connectivity index (χ4v) is 3.43. The molecule has 0 aliphatic carbocycles. The van der Waals surface area contributed by atoms with E-state index in [1.807, 2.05) is 40.9 Å². The standard InChI is InChI=1S/C20H21Cl2N5OS/c1-26-13-23-11-16(26)8-9-27(12-14-4-3-5-17(21)19(14)22)20(29)25-15-6-7-18(28-2)24-10-15/h3-7,10-11,13H,8-9,12H2,1-2H3,(H,25,29). The van der Waals surface area contributed by atoms with Crippen molar-refractivity contribution in [2.45, 2.75) is 13.0 Å². The zero-order valence-electron chi connectivity index (χ0n) is 16.1. The molecule has 1 aromatic carbocycles. The minimum absolute atomic E-state index is 0.520. The van der Waals surface area contributed by atoms with E-state index in [4.69, 9.17) is 40.2 Å². The fraction of sp³-hybridized carbons (Fsp3) is 0.250. The molecule has 0 atom stereocenters. The summed E-state index contributed by atoms with van der Waals surface area (Å²) in [4.78, 5) is 10.4. The Labute approximate surface area is 185 Å². The lowest BCUT2D eigenvalue weighted by Crippen LogP contribution is -2.36. The number of imidazole rings is 1. The Bertz CT molecular complexity index is 977. The summed E-state index contributed by atoms with van der Waals surface area (Å²) in [6.07, 6.45) is 6.09. The van der Waals surface area contributed by atoms with Crippen LogP contribution in [0.2, 0.25) is 10.0 Å². The number of rotatable bonds is 7. The number of hydrogen-bond donors (Lipinski definition) is 1. The van der Waals surface area contributed by atoms with E-state index < -0.39 is 0 Å². The number of aromatic nitrogens is 3. The molecule has 0 amide bonds. The average molecular weight is 450 g/mol. The predicted molar refractivity (Wildman–Crippen MR) is 121 cm³/mol. The minimum Gasteiger partial charge on any atom is -0.481 e. The van der Waals surface area contributed by atoms with Crippen LogP contribution >= 0.6 is 35.4 Å². The molecule has 152 valence electrons. The Hall–Kier alpha value is -2.35. The number of hydrogen-bond acceptors (Lipinski definition) is 4. The van der Waals surface area contributed by atoms with E-state index in [-0.39, 0.29) is 0 Å². The number of pyridine rings is 1. The van der Waals surface area contributed by atoms with Crippen molar-refractivity contribution in [1.29, 1.82) is 0 Å². The van der Waals surface area contributed by atoms with Crippen LogP contribution < -0.4 is 10.1 Å². The summed E-state index contributed by atoms with van der Waals surface area (Å²) in [6.45, 7) is 1.20. The van der Waals surface area contributed by atoms with Gasteiger partial charge in [-0.25, -0.2) is 9.97 Å². The van der Waals surface area contributed by atoms with Crippen molar-refractivity contribution in [1.82, 2.24) is 19.4 Å². The SMILES string of the molecule is COc1ccc(NC(=S)N(CCc2cncn2C)Cc2cccc(Cl)c2Cl)cn1. The van der Waals surface area contributed by atoms with Gasteiger partial charge in [0, 0.05) is 44.5 Å². The number of nitrogens with one attached hydrogen (secondary N) is 1. The maximum Gasteiger partial charge on any atom is 0.213 e. The molecule has 0 saturated heterocycles. The van der Waals surface area contributed by atoms with Crippen molar-refractivity contribution in [3.63, 3.8) is 0 Å². The van der Waals surface area contributed by atoms with E-state index >= 15 is 0 Å². The van der Waals surface area contributed by atoms with Crippen LogP contribution in [0.5, 0.6) is 5.88 Å². The largest absolute Gasteiger partial charge is 0.481 e. The zero-order chi connectivity index (χ0) is 20.8. The quantitative estimate of drug-likeness (QED) is 0.533. The van der Waals surface area contributed by atoms with Crippen molar-refractivity contribution in [2.24, 2.45) is 7.05 Å². The van der Waals surface area contributed by atoms with E-state index in [1.165, 1.54) is 0 Å². The highest BCUT2D eigenvalue weighted by molar-refractivity contribution is 7.80. The van der Waals surface area contributed by atoms with E-state index in [0.29, 0.717) is 34.1 Å². The molecule has 1 N–H and O–H groups in total. The summed E-state index contributed by atoms with van der Waals surface area (Å²) in [5.74, 6) is 0.542. The first-order valence-electron chi connectivity index (χ1n) is 8.92. The van der Waals surface area contributed by atoms with Crippen LogP contribution in [0.1, 0.15) is 11.3 Å². The highest BCUT2D eigenvalue weighted by atomic mass is 35.5. The lowest BCUT2D eigenvalue weighted by atomic mass is 10.2. The average Bonchev–Trinajstić information content (AvgIpc) is 3.13. The Morgan fingerprint density at radius 1 is 1.24 bits per heavy atom. The van der Waals surface area contributed by atoms with Gasteiger partial charge in [-0.15, -0.1) is 0 Å². The van der Waals surface area contributed by atoms with Gasteiger partial charge in [-0.05, 0) is 29.9 Å². The molecule has 0 spiro atoms. The molecule has 0 unspecified atom stereocenters. The number of thiocarbonyl (C=S) groups is 1. The smallest absolute Gasteiger partial charge is 0.213 e. The third kappa shape index (κ3) is 5.59. The summed E-state index contributed by atoms with van der Waals surface area (Å²) in [5, 5.41) is 4.86. The molecule has 0 bridgehead atoms. The molecule has 3 rings (SSSR count). The van der Waals surface area contributed by atoms with Crippen LogP contribution in [0.25, 0.3) is 0 Å². The van der Waals surface area contributed by atoms with Gasteiger partial charge in [0.2, 0.25) is 5.88 Å². The fourth-order valence-electron chi connectivity index (χ4n) is 2.78. The number of ether oxygens (including phenoxy) is 1. The van der Waals surface area contributed by atoms with Gasteiger partial charge in [0.25, 0.3) is 0 Å². The van der Waals surface area contributed by atoms with E-state index in [2.05, 4.69) is 15.3 Å². The Kier molecular flexibility index (Phi) is 7.30. The molecule has 6 nitrogen and oxygen atoms in total. The minimum atomic E-state index is 0.520. The second kappa shape index (κ2) is 9.91. The lowest BCUT2D eigenvalue weighted by molar-refractivity contribution is 0.398. The van der Waals surface area contributed by atoms with Crippen LogP contribution in [0, 0.1) is 0 Å². The maximum atomic E-state index is 6.40. The molecule has 3 aromatic rings. The van der Waals surface area contributed by atoms with Crippen molar-refractivity contribution in [3.8, 4) is 5.88 Å². The van der Waals surface area contributed by atoms with Gasteiger partial charge >= 0.3 is 0 Å². The van der Waals surface area contributed by atoms with E-state index in [9.17, 15) is 0 Å². The topological polar surface area (TPSA) is 55.2 Å². The zero-order valence-corrected chi connectivity index (χ0v) is 18.4. The molecule has 0 saturated carbocycles. The van der Waals surface area contributed by atoms with Gasteiger partial charge in [-0.2, -0.15) is 0 Å². The van der Waals surface area contributed by atoms with Gasteiger partial charge in [0.05, 0.1) is 35.4 Å². The van der Waals surface area contributed by atoms with Crippen LogP contribution in [0.3, 0.4) is 0 Å². The number of nitrogens with zero attached hydrogens (tertiary/aromatic N) is 4. The first-order chi connectivity index (χ1) is 14.0. The summed E-state index contributed by atoms with van der Waals surface area (Å²) < 4.78 is 7.09. The van der Waals surface area contributed by atoms with Crippen LogP contribution in [0.15, 0.2) is 49.1 Å². The molecule has 2 aromatic heterocycles. The third-order valence-electron chi connectivity index (χ3n) is 4.43. The third-order valence-corrected chi connectivity index (χ3v) is 5.65. The summed E-state index contributed by atoms with van der Waals surface area (Å²) in [6, 6.07) is 9.24. The first kappa shape index (κ1) is 21.4. The number of methoxy groups -OCH3 is 1. The number of benzene rings is 1. The molecule has 0 aliphatic rings. The van der Waals surface area contributed by atoms with Crippen molar-refractivity contribution in [3.05, 3.63) is 70.4 Å². The first-order valence-corrected chi connectivity index (χ1v) is 10.1. The Morgan fingerprint density at radius 2 is 2.07 bits per heavy atom. The van der Waals surface area contributed by atoms with Crippen LogP contribution in [0.4, 0.5) is 5.69 Å². The summed E-state index contributed by atoms with van der Waals surface area (Å²) >= 11 is 18.3. The summed E-state index contributed by atoms with van der Waals surface area (Å²) in [5.41, 5.74) is 2.79. The van der Waals surface area contributed by atoms with Crippen molar-refractivity contribution >= 4 is 46.2 Å². The van der Waals surface area contributed by atoms with E-state index in [1.54, 1.807) is 31.8 Å². The monoisotopic (exact) mass is 449 g/mol. The Balaban J connectivity index is 1.77. The molecule has 0 aliphatic heterocycles. The van der Waals surface area contributed by atoms with Gasteiger partial charge in [-0.1, -0.05) is 35.3 Å². The number of halogens is 2. The van der Waals surface area contributed by atoms with Gasteiger partial charge in [0.1, 0.15) is 0 Å². The van der Waals surface area contributed by atoms with Crippen molar-refractivity contribution in [2.75, 3.05) is 19.0 Å². The highest BCUT2D eigenvalue weighted by Crippen LogP contribution is 2.27. The molecule has 0 fully saturated rings. The second-order valence-corrected chi connectivity index (χ2v) is 7.57. The number of aryl methyl sites for hydroxylation is 1. The normalized spacial score (nSPS) is 10.6. The van der Waals surface area contributed by atoms with Gasteiger partial charge < -0.3 is 19.5 Å². The summed E-state index contributed by atoms with van der Waals surface area (Å²) in [7, 11) is 3.55. The second-order valence-electron chi connectivity index (χ2n) is 6.40. The predicted octanol–water partition coefficient (Wildman–Crippen LogP) is 4.57. The van der Waals surface area contributed by atoms with Crippen LogP contribution in [-0.2, 0) is 20.0 Å². The van der Waals surface area contributed by atoms with Gasteiger partial charge in [0.15, 0.2) is 5.11 Å². The lowest BCUT2D eigenvalue weighted by Gasteiger charge is -2.26. The molecular weight excluding hydrogens is 429 g/mol. The molecule has 9 heteroatoms. The van der Waals surface area contributed by atoms with Crippen LogP contribution in [-0.4, -0.2) is 38.2 Å². The highest BCUT2D eigenvalue weighted by Gasteiger charge is 2.15. The number of anilines is 1. The van der Waals surface area contributed by atoms with Crippen molar-refractivity contribution < 1.29 is 4.74 Å². The Morgan fingerprint density at radius 3 is 2.72 bits per heavy atom. The molecule has 29 heavy (non-hydrogen) atoms. The molecular formula is C20H21Cl2N5OS. The maximum absolute atomic E-state index is 6.40. The van der Waals surface area contributed by atoms with Gasteiger partial charge in [-0.3, -0.25) is 0 Å². The molecule has 2 heterocycles.